The normalized spacial score (nSPS) is 10.2. The highest BCUT2D eigenvalue weighted by Crippen LogP contribution is 1.99. The van der Waals surface area contributed by atoms with Crippen molar-refractivity contribution in [2.75, 3.05) is 0 Å². The quantitative estimate of drug-likeness (QED) is 0.400. The summed E-state index contributed by atoms with van der Waals surface area (Å²) < 4.78 is 12.7. The van der Waals surface area contributed by atoms with Crippen LogP contribution in [0.15, 0.2) is 29.4 Å². The summed E-state index contributed by atoms with van der Waals surface area (Å²) in [6.07, 6.45) is 1.20. The van der Waals surface area contributed by atoms with Crippen LogP contribution in [0, 0.1) is 5.82 Å². The molecule has 0 bridgehead atoms. The summed E-state index contributed by atoms with van der Waals surface area (Å²) >= 11 is 0. The van der Waals surface area contributed by atoms with Crippen LogP contribution in [-0.4, -0.2) is 18.0 Å². The SMILES string of the molecule is NC(=O)C(=O)N/N=C\c1cccc(F)c1. The molecular weight excluding hydrogens is 201 g/mol. The van der Waals surface area contributed by atoms with E-state index >= 15 is 0 Å². The summed E-state index contributed by atoms with van der Waals surface area (Å²) in [5.74, 6) is -2.57. The molecule has 0 radical (unpaired) electrons. The second-order valence-corrected chi connectivity index (χ2v) is 2.62. The lowest BCUT2D eigenvalue weighted by molar-refractivity contribution is -0.137. The maximum Gasteiger partial charge on any atom is 0.329 e. The van der Waals surface area contributed by atoms with E-state index in [0.717, 1.165) is 0 Å². The molecule has 0 fully saturated rings. The molecule has 1 rings (SSSR count). The van der Waals surface area contributed by atoms with E-state index in [1.54, 1.807) is 6.07 Å². The van der Waals surface area contributed by atoms with Crippen molar-refractivity contribution in [2.24, 2.45) is 10.8 Å². The smallest absolute Gasteiger partial charge is 0.329 e. The lowest BCUT2D eigenvalue weighted by Gasteiger charge is -1.94. The molecule has 0 spiro atoms. The van der Waals surface area contributed by atoms with Crippen molar-refractivity contribution in [3.8, 4) is 0 Å². The number of nitrogens with zero attached hydrogens (tertiary/aromatic N) is 1. The Labute approximate surface area is 84.8 Å². The highest BCUT2D eigenvalue weighted by Gasteiger charge is 2.05. The van der Waals surface area contributed by atoms with Crippen LogP contribution in [0.4, 0.5) is 4.39 Å². The monoisotopic (exact) mass is 209 g/mol. The average Bonchev–Trinajstić information content (AvgIpc) is 2.17. The van der Waals surface area contributed by atoms with E-state index in [1.165, 1.54) is 24.4 Å². The van der Waals surface area contributed by atoms with Crippen LogP contribution in [0.5, 0.6) is 0 Å². The van der Waals surface area contributed by atoms with Gasteiger partial charge in [0.2, 0.25) is 0 Å². The van der Waals surface area contributed by atoms with Crippen LogP contribution < -0.4 is 11.2 Å². The fourth-order valence-electron chi connectivity index (χ4n) is 0.807. The standard InChI is InChI=1S/C9H8FN3O2/c10-7-3-1-2-6(4-7)5-12-13-9(15)8(11)14/h1-5H,(H2,11,14)(H,13,15)/b12-5-. The van der Waals surface area contributed by atoms with Crippen LogP contribution in [0.25, 0.3) is 0 Å². The molecule has 0 saturated heterocycles. The van der Waals surface area contributed by atoms with E-state index in [9.17, 15) is 14.0 Å². The summed E-state index contributed by atoms with van der Waals surface area (Å²) in [5.41, 5.74) is 7.00. The first-order chi connectivity index (χ1) is 7.09. The van der Waals surface area contributed by atoms with Crippen molar-refractivity contribution in [3.63, 3.8) is 0 Å². The van der Waals surface area contributed by atoms with Gasteiger partial charge in [-0.2, -0.15) is 5.10 Å². The zero-order valence-corrected chi connectivity index (χ0v) is 7.61. The lowest BCUT2D eigenvalue weighted by atomic mass is 10.2. The van der Waals surface area contributed by atoms with E-state index in [2.05, 4.69) is 10.8 Å². The Kier molecular flexibility index (Phi) is 3.50. The van der Waals surface area contributed by atoms with Gasteiger partial charge >= 0.3 is 11.8 Å². The molecule has 0 aliphatic heterocycles. The number of hydrogen-bond acceptors (Lipinski definition) is 3. The van der Waals surface area contributed by atoms with Crippen molar-refractivity contribution in [1.82, 2.24) is 5.43 Å². The van der Waals surface area contributed by atoms with Gasteiger partial charge in [-0.15, -0.1) is 0 Å². The highest BCUT2D eigenvalue weighted by atomic mass is 19.1. The molecule has 1 aromatic rings. The Balaban J connectivity index is 2.59. The summed E-state index contributed by atoms with van der Waals surface area (Å²) in [6.45, 7) is 0. The molecule has 0 atom stereocenters. The van der Waals surface area contributed by atoms with Crippen molar-refractivity contribution in [1.29, 1.82) is 0 Å². The molecule has 0 heterocycles. The first kappa shape index (κ1) is 10.8. The minimum Gasteiger partial charge on any atom is -0.361 e. The third-order valence-electron chi connectivity index (χ3n) is 1.45. The van der Waals surface area contributed by atoms with Gasteiger partial charge in [-0.3, -0.25) is 9.59 Å². The Morgan fingerprint density at radius 1 is 1.47 bits per heavy atom. The average molecular weight is 209 g/mol. The predicted octanol–water partition coefficient (Wildman–Crippen LogP) is -0.239. The summed E-state index contributed by atoms with van der Waals surface area (Å²) in [7, 11) is 0. The molecule has 3 N–H and O–H groups in total. The summed E-state index contributed by atoms with van der Waals surface area (Å²) in [5, 5.41) is 3.41. The molecule has 1 aromatic carbocycles. The number of carbonyl (C=O) groups excluding carboxylic acids is 2. The molecule has 0 aromatic heterocycles. The Morgan fingerprint density at radius 2 is 2.20 bits per heavy atom. The first-order valence-corrected chi connectivity index (χ1v) is 3.98. The second-order valence-electron chi connectivity index (χ2n) is 2.62. The number of hydrogen-bond donors (Lipinski definition) is 2. The molecule has 15 heavy (non-hydrogen) atoms. The highest BCUT2D eigenvalue weighted by molar-refractivity contribution is 6.34. The van der Waals surface area contributed by atoms with Crippen LogP contribution in [-0.2, 0) is 9.59 Å². The molecule has 0 aliphatic carbocycles. The number of carbonyl (C=O) groups is 2. The van der Waals surface area contributed by atoms with Gasteiger partial charge < -0.3 is 5.73 Å². The molecule has 2 amide bonds. The Morgan fingerprint density at radius 3 is 2.80 bits per heavy atom. The predicted molar refractivity (Wildman–Crippen MR) is 51.3 cm³/mol. The lowest BCUT2D eigenvalue weighted by Crippen LogP contribution is -2.32. The van der Waals surface area contributed by atoms with E-state index in [-0.39, 0.29) is 0 Å². The van der Waals surface area contributed by atoms with E-state index in [1.807, 2.05) is 5.43 Å². The second kappa shape index (κ2) is 4.85. The van der Waals surface area contributed by atoms with Crippen molar-refractivity contribution >= 4 is 18.0 Å². The van der Waals surface area contributed by atoms with E-state index < -0.39 is 17.6 Å². The number of primary amides is 1. The zero-order valence-electron chi connectivity index (χ0n) is 7.61. The van der Waals surface area contributed by atoms with E-state index in [0.29, 0.717) is 5.56 Å². The van der Waals surface area contributed by atoms with Gasteiger partial charge in [-0.1, -0.05) is 12.1 Å². The number of nitrogens with one attached hydrogen (secondary N) is 1. The van der Waals surface area contributed by atoms with Gasteiger partial charge in [0, 0.05) is 0 Å². The van der Waals surface area contributed by atoms with Crippen LogP contribution in [0.3, 0.4) is 0 Å². The number of rotatable bonds is 2. The minimum absolute atomic E-state index is 0.417. The van der Waals surface area contributed by atoms with Gasteiger partial charge in [0.25, 0.3) is 0 Å². The number of hydrazone groups is 1. The number of amides is 2. The van der Waals surface area contributed by atoms with Crippen molar-refractivity contribution < 1.29 is 14.0 Å². The molecular formula is C9H8FN3O2. The molecule has 0 saturated carbocycles. The third kappa shape index (κ3) is 3.55. The summed E-state index contributed by atoms with van der Waals surface area (Å²) in [6, 6.07) is 5.58. The van der Waals surface area contributed by atoms with Crippen LogP contribution >= 0.6 is 0 Å². The number of halogens is 1. The van der Waals surface area contributed by atoms with Crippen LogP contribution in [0.2, 0.25) is 0 Å². The number of nitrogens with two attached hydrogens (primary N) is 1. The zero-order chi connectivity index (χ0) is 11.3. The molecule has 6 heteroatoms. The topological polar surface area (TPSA) is 84.5 Å². The first-order valence-electron chi connectivity index (χ1n) is 3.98. The summed E-state index contributed by atoms with van der Waals surface area (Å²) in [4.78, 5) is 20.9. The van der Waals surface area contributed by atoms with Gasteiger partial charge in [0.1, 0.15) is 5.82 Å². The van der Waals surface area contributed by atoms with Gasteiger partial charge in [-0.05, 0) is 17.7 Å². The van der Waals surface area contributed by atoms with Gasteiger partial charge in [-0.25, -0.2) is 9.82 Å². The minimum atomic E-state index is -1.13. The Bertz CT molecular complexity index is 418. The molecule has 5 nitrogen and oxygen atoms in total. The number of benzene rings is 1. The maximum absolute atomic E-state index is 12.7. The third-order valence-corrected chi connectivity index (χ3v) is 1.45. The van der Waals surface area contributed by atoms with Gasteiger partial charge in [0.05, 0.1) is 6.21 Å². The van der Waals surface area contributed by atoms with E-state index in [4.69, 9.17) is 0 Å². The van der Waals surface area contributed by atoms with Crippen molar-refractivity contribution in [3.05, 3.63) is 35.6 Å². The van der Waals surface area contributed by atoms with Gasteiger partial charge in [0.15, 0.2) is 0 Å². The van der Waals surface area contributed by atoms with Crippen LogP contribution in [0.1, 0.15) is 5.56 Å². The maximum atomic E-state index is 12.7. The fourth-order valence-corrected chi connectivity index (χ4v) is 0.807. The molecule has 0 unspecified atom stereocenters. The Hall–Kier alpha value is -2.24. The van der Waals surface area contributed by atoms with Crippen molar-refractivity contribution in [2.45, 2.75) is 0 Å². The largest absolute Gasteiger partial charge is 0.361 e. The molecule has 78 valence electrons. The molecule has 0 aliphatic rings. The fraction of sp³-hybridized carbons (Fsp3) is 0.